The molecule has 0 bridgehead atoms. The van der Waals surface area contributed by atoms with Crippen LogP contribution in [0.1, 0.15) is 26.7 Å². The zero-order valence-corrected chi connectivity index (χ0v) is 14.0. The molecule has 0 aromatic heterocycles. The molecule has 5 heteroatoms. The molecule has 0 aliphatic carbocycles. The van der Waals surface area contributed by atoms with Crippen LogP contribution in [-0.2, 0) is 4.79 Å². The third kappa shape index (κ3) is 3.96. The van der Waals surface area contributed by atoms with Gasteiger partial charge in [0.25, 0.3) is 0 Å². The normalized spacial score (nSPS) is 23.3. The number of para-hydroxylation sites is 2. The fourth-order valence-electron chi connectivity index (χ4n) is 3.11. The lowest BCUT2D eigenvalue weighted by molar-refractivity contribution is -0.126. The average molecular weight is 318 g/mol. The van der Waals surface area contributed by atoms with E-state index in [1.165, 1.54) is 12.8 Å². The fourth-order valence-corrected chi connectivity index (χ4v) is 3.11. The van der Waals surface area contributed by atoms with Crippen LogP contribution in [0.3, 0.4) is 0 Å². The first kappa shape index (κ1) is 16.1. The molecule has 2 unspecified atom stereocenters. The van der Waals surface area contributed by atoms with E-state index in [1.54, 1.807) is 0 Å². The van der Waals surface area contributed by atoms with Gasteiger partial charge >= 0.3 is 0 Å². The summed E-state index contributed by atoms with van der Waals surface area (Å²) in [5.74, 6) is 2.36. The second-order valence-corrected chi connectivity index (χ2v) is 6.64. The Bertz CT molecular complexity index is 541. The van der Waals surface area contributed by atoms with Crippen LogP contribution in [0, 0.1) is 5.92 Å². The van der Waals surface area contributed by atoms with E-state index in [0.717, 1.165) is 30.5 Å². The van der Waals surface area contributed by atoms with Gasteiger partial charge in [-0.25, -0.2) is 0 Å². The topological polar surface area (TPSA) is 50.8 Å². The van der Waals surface area contributed by atoms with Crippen LogP contribution in [0.15, 0.2) is 24.3 Å². The largest absolute Gasteiger partial charge is 0.486 e. The molecule has 2 heterocycles. The molecule has 2 atom stereocenters. The van der Waals surface area contributed by atoms with Gasteiger partial charge in [0.1, 0.15) is 12.7 Å². The average Bonchev–Trinajstić information content (AvgIpc) is 2.59. The Morgan fingerprint density at radius 2 is 2.00 bits per heavy atom. The van der Waals surface area contributed by atoms with Crippen LogP contribution in [0.2, 0.25) is 0 Å². The third-order valence-corrected chi connectivity index (χ3v) is 4.82. The number of benzene rings is 1. The van der Waals surface area contributed by atoms with Crippen molar-refractivity contribution < 1.29 is 14.3 Å². The minimum absolute atomic E-state index is 0.0713. The van der Waals surface area contributed by atoms with Crippen molar-refractivity contribution in [3.8, 4) is 11.5 Å². The van der Waals surface area contributed by atoms with Crippen molar-refractivity contribution in [3.63, 3.8) is 0 Å². The number of hydrogen-bond acceptors (Lipinski definition) is 4. The van der Waals surface area contributed by atoms with E-state index in [0.29, 0.717) is 13.2 Å². The van der Waals surface area contributed by atoms with Crippen molar-refractivity contribution in [2.45, 2.75) is 38.8 Å². The van der Waals surface area contributed by atoms with Crippen LogP contribution in [0.4, 0.5) is 0 Å². The van der Waals surface area contributed by atoms with Crippen molar-refractivity contribution in [1.29, 1.82) is 0 Å². The molecule has 1 N–H and O–H groups in total. The summed E-state index contributed by atoms with van der Waals surface area (Å²) in [6.07, 6.45) is 2.21. The number of amides is 1. The van der Waals surface area contributed by atoms with Crippen molar-refractivity contribution in [1.82, 2.24) is 10.2 Å². The summed E-state index contributed by atoms with van der Waals surface area (Å²) in [7, 11) is 0. The van der Waals surface area contributed by atoms with Gasteiger partial charge < -0.3 is 14.8 Å². The number of nitrogens with zero attached hydrogens (tertiary/aromatic N) is 1. The number of nitrogens with one attached hydrogen (secondary N) is 1. The quantitative estimate of drug-likeness (QED) is 0.923. The van der Waals surface area contributed by atoms with Crippen molar-refractivity contribution in [2.75, 3.05) is 26.2 Å². The monoisotopic (exact) mass is 318 g/mol. The van der Waals surface area contributed by atoms with Crippen LogP contribution in [-0.4, -0.2) is 49.2 Å². The van der Waals surface area contributed by atoms with E-state index in [1.807, 2.05) is 31.2 Å². The molecule has 2 aliphatic rings. The van der Waals surface area contributed by atoms with Gasteiger partial charge in [0.05, 0.1) is 12.6 Å². The maximum absolute atomic E-state index is 12.4. The second-order valence-electron chi connectivity index (χ2n) is 6.64. The summed E-state index contributed by atoms with van der Waals surface area (Å²) >= 11 is 0. The van der Waals surface area contributed by atoms with Gasteiger partial charge in [0, 0.05) is 0 Å². The van der Waals surface area contributed by atoms with Crippen LogP contribution >= 0.6 is 0 Å². The van der Waals surface area contributed by atoms with Crippen molar-refractivity contribution >= 4 is 5.91 Å². The van der Waals surface area contributed by atoms with E-state index in [9.17, 15) is 4.79 Å². The Hall–Kier alpha value is -1.75. The molecule has 1 aromatic rings. The lowest BCUT2D eigenvalue weighted by Crippen LogP contribution is -2.50. The van der Waals surface area contributed by atoms with E-state index in [-0.39, 0.29) is 18.1 Å². The van der Waals surface area contributed by atoms with Crippen molar-refractivity contribution in [3.05, 3.63) is 24.3 Å². The Morgan fingerprint density at radius 1 is 1.30 bits per heavy atom. The number of rotatable bonds is 4. The minimum atomic E-state index is -0.137. The molecule has 5 nitrogen and oxygen atoms in total. The van der Waals surface area contributed by atoms with Crippen LogP contribution in [0.25, 0.3) is 0 Å². The molecule has 0 saturated carbocycles. The van der Waals surface area contributed by atoms with Crippen LogP contribution in [0.5, 0.6) is 11.5 Å². The van der Waals surface area contributed by atoms with E-state index in [4.69, 9.17) is 9.47 Å². The number of piperidine rings is 1. The molecule has 1 aromatic carbocycles. The van der Waals surface area contributed by atoms with E-state index >= 15 is 0 Å². The number of fused-ring (bicyclic) bond motifs is 1. The van der Waals surface area contributed by atoms with Gasteiger partial charge in [0.2, 0.25) is 5.91 Å². The Kier molecular flexibility index (Phi) is 5.06. The smallest absolute Gasteiger partial charge is 0.237 e. The van der Waals surface area contributed by atoms with Gasteiger partial charge in [-0.1, -0.05) is 19.1 Å². The first-order chi connectivity index (χ1) is 11.1. The molecule has 1 fully saturated rings. The van der Waals surface area contributed by atoms with Crippen molar-refractivity contribution in [2.24, 2.45) is 5.92 Å². The lowest BCUT2D eigenvalue weighted by Gasteiger charge is -2.34. The number of carbonyl (C=O) groups is 1. The first-order valence-corrected chi connectivity index (χ1v) is 8.53. The Balaban J connectivity index is 1.46. The zero-order chi connectivity index (χ0) is 16.2. The van der Waals surface area contributed by atoms with Gasteiger partial charge in [-0.3, -0.25) is 9.69 Å². The fraction of sp³-hybridized carbons (Fsp3) is 0.611. The molecule has 1 amide bonds. The summed E-state index contributed by atoms with van der Waals surface area (Å²) in [6, 6.07) is 7.54. The Labute approximate surface area is 137 Å². The number of likely N-dealkylation sites (tertiary alicyclic amines) is 1. The summed E-state index contributed by atoms with van der Waals surface area (Å²) in [5.41, 5.74) is 0. The van der Waals surface area contributed by atoms with Crippen LogP contribution < -0.4 is 14.8 Å². The highest BCUT2D eigenvalue weighted by Gasteiger charge is 2.26. The molecular formula is C18H26N2O3. The highest BCUT2D eigenvalue weighted by atomic mass is 16.6. The maximum atomic E-state index is 12.4. The predicted molar refractivity (Wildman–Crippen MR) is 88.8 cm³/mol. The first-order valence-electron chi connectivity index (χ1n) is 8.53. The second kappa shape index (κ2) is 7.21. The maximum Gasteiger partial charge on any atom is 0.237 e. The lowest BCUT2D eigenvalue weighted by atomic mass is 9.98. The molecule has 126 valence electrons. The molecule has 0 spiro atoms. The summed E-state index contributed by atoms with van der Waals surface area (Å²) in [5, 5.41) is 3.01. The minimum Gasteiger partial charge on any atom is -0.486 e. The Morgan fingerprint density at radius 3 is 2.74 bits per heavy atom. The predicted octanol–water partition coefficient (Wildman–Crippen LogP) is 2.06. The van der Waals surface area contributed by atoms with Gasteiger partial charge in [0.15, 0.2) is 11.5 Å². The van der Waals surface area contributed by atoms with E-state index in [2.05, 4.69) is 17.1 Å². The standard InChI is InChI=1S/C18H26N2O3/c1-13-7-9-20(10-8-13)14(2)18(21)19-11-15-12-22-16-5-3-4-6-17(16)23-15/h3-6,13-15H,7-12H2,1-2H3,(H,19,21). The molecule has 0 radical (unpaired) electrons. The SMILES string of the molecule is CC1CCN(C(C)C(=O)NCC2COc3ccccc3O2)CC1. The molecule has 2 aliphatic heterocycles. The number of ether oxygens (including phenoxy) is 2. The van der Waals surface area contributed by atoms with Gasteiger partial charge in [-0.05, 0) is 50.9 Å². The highest BCUT2D eigenvalue weighted by molar-refractivity contribution is 5.81. The number of carbonyl (C=O) groups excluding carboxylic acids is 1. The highest BCUT2D eigenvalue weighted by Crippen LogP contribution is 2.30. The molecule has 1 saturated heterocycles. The molecule has 3 rings (SSSR count). The molecular weight excluding hydrogens is 292 g/mol. The molecule has 23 heavy (non-hydrogen) atoms. The summed E-state index contributed by atoms with van der Waals surface area (Å²) in [6.45, 7) is 7.21. The van der Waals surface area contributed by atoms with Gasteiger partial charge in [-0.2, -0.15) is 0 Å². The summed E-state index contributed by atoms with van der Waals surface area (Å²) < 4.78 is 11.5. The van der Waals surface area contributed by atoms with Gasteiger partial charge in [-0.15, -0.1) is 0 Å². The summed E-state index contributed by atoms with van der Waals surface area (Å²) in [4.78, 5) is 14.6. The van der Waals surface area contributed by atoms with E-state index < -0.39 is 0 Å². The number of hydrogen-bond donors (Lipinski definition) is 1. The third-order valence-electron chi connectivity index (χ3n) is 4.82. The zero-order valence-electron chi connectivity index (χ0n) is 14.0.